The van der Waals surface area contributed by atoms with Gasteiger partial charge in [0.15, 0.2) is 6.29 Å². The minimum atomic E-state index is -0.761. The number of amides is 2. The second-order valence-electron chi connectivity index (χ2n) is 4.55. The molecule has 0 saturated carbocycles. The van der Waals surface area contributed by atoms with Gasteiger partial charge in [0.1, 0.15) is 0 Å². The van der Waals surface area contributed by atoms with Crippen LogP contribution in [0, 0.1) is 0 Å². The van der Waals surface area contributed by atoms with Crippen molar-refractivity contribution in [2.75, 3.05) is 33.9 Å². The Morgan fingerprint density at radius 1 is 1.23 bits per heavy atom. The minimum absolute atomic E-state index is 0.0654. The van der Waals surface area contributed by atoms with Crippen LogP contribution in [0.25, 0.3) is 0 Å². The van der Waals surface area contributed by atoms with Gasteiger partial charge in [-0.25, -0.2) is 0 Å². The average Bonchev–Trinajstić information content (AvgIpc) is 2.55. The summed E-state index contributed by atoms with van der Waals surface area (Å²) in [6.45, 7) is 0.186. The zero-order chi connectivity index (χ0) is 16.4. The fourth-order valence-electron chi connectivity index (χ4n) is 1.84. The summed E-state index contributed by atoms with van der Waals surface area (Å²) < 4.78 is 9.86. The number of aliphatic hydroxyl groups excluding tert-OH is 1. The van der Waals surface area contributed by atoms with Gasteiger partial charge in [0.25, 0.3) is 0 Å². The number of hydrogen-bond donors (Lipinski definition) is 2. The molecular formula is C15H22N2O5. The summed E-state index contributed by atoms with van der Waals surface area (Å²) >= 11 is 0. The zero-order valence-electron chi connectivity index (χ0n) is 12.8. The number of hydrogen-bond acceptors (Lipinski definition) is 5. The summed E-state index contributed by atoms with van der Waals surface area (Å²) in [5.74, 6) is -1.47. The first-order valence-corrected chi connectivity index (χ1v) is 6.89. The van der Waals surface area contributed by atoms with Gasteiger partial charge in [-0.05, 0) is 5.56 Å². The normalized spacial score (nSPS) is 10.5. The van der Waals surface area contributed by atoms with Crippen molar-refractivity contribution >= 4 is 11.8 Å². The van der Waals surface area contributed by atoms with Gasteiger partial charge >= 0.3 is 11.8 Å². The van der Waals surface area contributed by atoms with Gasteiger partial charge in [-0.1, -0.05) is 30.3 Å². The van der Waals surface area contributed by atoms with Gasteiger partial charge in [-0.3, -0.25) is 9.59 Å². The molecule has 1 rings (SSSR count). The van der Waals surface area contributed by atoms with Crippen molar-refractivity contribution in [1.82, 2.24) is 10.2 Å². The number of carbonyl (C=O) groups excluding carboxylic acids is 2. The van der Waals surface area contributed by atoms with Crippen molar-refractivity contribution in [3.05, 3.63) is 35.9 Å². The van der Waals surface area contributed by atoms with Gasteiger partial charge in [0.05, 0.1) is 13.2 Å². The summed E-state index contributed by atoms with van der Waals surface area (Å²) in [6.07, 6.45) is -0.614. The van der Waals surface area contributed by atoms with E-state index in [0.717, 1.165) is 5.56 Å². The van der Waals surface area contributed by atoms with Crippen LogP contribution in [0.3, 0.4) is 0 Å². The Balaban J connectivity index is 2.62. The maximum atomic E-state index is 12.1. The first-order chi connectivity index (χ1) is 10.6. The molecule has 0 saturated heterocycles. The molecule has 1 aromatic rings. The van der Waals surface area contributed by atoms with E-state index in [-0.39, 0.29) is 26.2 Å². The highest BCUT2D eigenvalue weighted by Crippen LogP contribution is 2.04. The Hall–Kier alpha value is -1.96. The standard InChI is InChI=1S/C15H22N2O5/c1-21-13(22-2)10-16-14(19)15(20)17(8-9-18)11-12-6-4-3-5-7-12/h3-7,13,18H,8-11H2,1-2H3,(H,16,19). The lowest BCUT2D eigenvalue weighted by molar-refractivity contribution is -0.148. The van der Waals surface area contributed by atoms with Crippen LogP contribution in [0.4, 0.5) is 0 Å². The number of nitrogens with one attached hydrogen (secondary N) is 1. The predicted octanol–water partition coefficient (Wildman–Crippen LogP) is -0.257. The molecule has 0 bridgehead atoms. The summed E-state index contributed by atoms with van der Waals surface area (Å²) in [5, 5.41) is 11.5. The monoisotopic (exact) mass is 310 g/mol. The highest BCUT2D eigenvalue weighted by molar-refractivity contribution is 6.34. The molecule has 0 spiro atoms. The van der Waals surface area contributed by atoms with Crippen LogP contribution in [0.1, 0.15) is 5.56 Å². The lowest BCUT2D eigenvalue weighted by atomic mass is 10.2. The topological polar surface area (TPSA) is 88.1 Å². The van der Waals surface area contributed by atoms with Crippen molar-refractivity contribution in [2.24, 2.45) is 0 Å². The van der Waals surface area contributed by atoms with Gasteiger partial charge in [0.2, 0.25) is 0 Å². The van der Waals surface area contributed by atoms with Crippen LogP contribution in [0.15, 0.2) is 30.3 Å². The Labute approximate surface area is 129 Å². The number of carbonyl (C=O) groups is 2. The van der Waals surface area contributed by atoms with Crippen LogP contribution in [-0.2, 0) is 25.6 Å². The van der Waals surface area contributed by atoms with Crippen LogP contribution >= 0.6 is 0 Å². The van der Waals surface area contributed by atoms with E-state index in [1.807, 2.05) is 30.3 Å². The fourth-order valence-corrected chi connectivity index (χ4v) is 1.84. The molecule has 0 aromatic heterocycles. The van der Waals surface area contributed by atoms with E-state index in [4.69, 9.17) is 14.6 Å². The van der Waals surface area contributed by atoms with E-state index in [0.29, 0.717) is 0 Å². The molecule has 2 N–H and O–H groups in total. The van der Waals surface area contributed by atoms with E-state index < -0.39 is 18.1 Å². The van der Waals surface area contributed by atoms with Crippen molar-refractivity contribution < 1.29 is 24.2 Å². The summed E-state index contributed by atoms with van der Waals surface area (Å²) in [6, 6.07) is 9.25. The molecular weight excluding hydrogens is 288 g/mol. The lowest BCUT2D eigenvalue weighted by Crippen LogP contribution is -2.46. The van der Waals surface area contributed by atoms with Gasteiger partial charge in [-0.2, -0.15) is 0 Å². The molecule has 0 aliphatic rings. The maximum absolute atomic E-state index is 12.1. The molecule has 0 atom stereocenters. The average molecular weight is 310 g/mol. The lowest BCUT2D eigenvalue weighted by Gasteiger charge is -2.22. The zero-order valence-corrected chi connectivity index (χ0v) is 12.8. The third-order valence-electron chi connectivity index (χ3n) is 3.02. The Morgan fingerprint density at radius 3 is 2.41 bits per heavy atom. The molecule has 0 aliphatic carbocycles. The summed E-state index contributed by atoms with van der Waals surface area (Å²) in [7, 11) is 2.88. The summed E-state index contributed by atoms with van der Waals surface area (Å²) in [4.78, 5) is 25.3. The van der Waals surface area contributed by atoms with Crippen LogP contribution in [0.5, 0.6) is 0 Å². The number of nitrogens with zero attached hydrogens (tertiary/aromatic N) is 1. The van der Waals surface area contributed by atoms with Gasteiger partial charge in [0, 0.05) is 27.3 Å². The molecule has 1 aromatic carbocycles. The van der Waals surface area contributed by atoms with E-state index in [1.54, 1.807) is 0 Å². The molecule has 0 radical (unpaired) electrons. The first kappa shape index (κ1) is 18.1. The van der Waals surface area contributed by atoms with E-state index in [9.17, 15) is 9.59 Å². The molecule has 0 fully saturated rings. The predicted molar refractivity (Wildman–Crippen MR) is 79.8 cm³/mol. The quantitative estimate of drug-likeness (QED) is 0.510. The molecule has 0 unspecified atom stereocenters. The Morgan fingerprint density at radius 2 is 1.86 bits per heavy atom. The maximum Gasteiger partial charge on any atom is 0.312 e. The van der Waals surface area contributed by atoms with E-state index in [2.05, 4.69) is 5.32 Å². The molecule has 0 heterocycles. The largest absolute Gasteiger partial charge is 0.395 e. The SMILES string of the molecule is COC(CNC(=O)C(=O)N(CCO)Cc1ccccc1)OC. The van der Waals surface area contributed by atoms with Gasteiger partial charge < -0.3 is 24.8 Å². The van der Waals surface area contributed by atoms with Crippen LogP contribution in [0.2, 0.25) is 0 Å². The van der Waals surface area contributed by atoms with Crippen molar-refractivity contribution in [1.29, 1.82) is 0 Å². The smallest absolute Gasteiger partial charge is 0.312 e. The highest BCUT2D eigenvalue weighted by Gasteiger charge is 2.22. The molecule has 122 valence electrons. The van der Waals surface area contributed by atoms with E-state index >= 15 is 0 Å². The van der Waals surface area contributed by atoms with Crippen molar-refractivity contribution in [3.63, 3.8) is 0 Å². The second kappa shape index (κ2) is 9.88. The van der Waals surface area contributed by atoms with Gasteiger partial charge in [-0.15, -0.1) is 0 Å². The number of aliphatic hydroxyl groups is 1. The van der Waals surface area contributed by atoms with Crippen molar-refractivity contribution in [2.45, 2.75) is 12.8 Å². The third kappa shape index (κ3) is 5.80. The number of rotatable bonds is 8. The minimum Gasteiger partial charge on any atom is -0.395 e. The fraction of sp³-hybridized carbons (Fsp3) is 0.467. The molecule has 7 nitrogen and oxygen atoms in total. The molecule has 7 heteroatoms. The molecule has 2 amide bonds. The molecule has 22 heavy (non-hydrogen) atoms. The molecule has 0 aliphatic heterocycles. The first-order valence-electron chi connectivity index (χ1n) is 6.89. The van der Waals surface area contributed by atoms with E-state index in [1.165, 1.54) is 19.1 Å². The number of methoxy groups -OCH3 is 2. The second-order valence-corrected chi connectivity index (χ2v) is 4.55. The summed E-state index contributed by atoms with van der Waals surface area (Å²) in [5.41, 5.74) is 0.878. The number of benzene rings is 1. The third-order valence-corrected chi connectivity index (χ3v) is 3.02. The van der Waals surface area contributed by atoms with Crippen LogP contribution in [-0.4, -0.2) is 62.0 Å². The number of ether oxygens (including phenoxy) is 2. The van der Waals surface area contributed by atoms with Crippen LogP contribution < -0.4 is 5.32 Å². The Bertz CT molecular complexity index is 462. The Kier molecular flexibility index (Phi) is 8.13. The highest BCUT2D eigenvalue weighted by atomic mass is 16.7. The van der Waals surface area contributed by atoms with Crippen molar-refractivity contribution in [3.8, 4) is 0 Å².